The summed E-state index contributed by atoms with van der Waals surface area (Å²) < 4.78 is 6.45. The van der Waals surface area contributed by atoms with Crippen LogP contribution in [0.15, 0.2) is 11.1 Å². The summed E-state index contributed by atoms with van der Waals surface area (Å²) in [6.07, 6.45) is 41.4. The van der Waals surface area contributed by atoms with E-state index in [0.717, 1.165) is 18.8 Å². The fraction of sp³-hybridized carbons (Fsp3) is 0.942. The highest BCUT2D eigenvalue weighted by Gasteiger charge is 2.67. The number of hydrogen-bond acceptors (Lipinski definition) is 2. The van der Waals surface area contributed by atoms with E-state index in [4.69, 9.17) is 4.74 Å². The monoisotopic (exact) mass is 749 g/mol. The lowest BCUT2D eigenvalue weighted by Gasteiger charge is -2.71. The molecule has 2 nitrogen and oxygen atoms in total. The number of esters is 1. The van der Waals surface area contributed by atoms with Gasteiger partial charge in [0.15, 0.2) is 0 Å². The Morgan fingerprint density at radius 3 is 1.63 bits per heavy atom. The lowest BCUT2D eigenvalue weighted by Crippen LogP contribution is -2.64. The van der Waals surface area contributed by atoms with Gasteiger partial charge in [-0.2, -0.15) is 0 Å². The van der Waals surface area contributed by atoms with Crippen molar-refractivity contribution in [2.24, 2.45) is 44.3 Å². The minimum atomic E-state index is 0.0374. The number of carbonyl (C=O) groups is 1. The first-order valence-corrected chi connectivity index (χ1v) is 24.6. The molecule has 0 saturated heterocycles. The molecule has 0 aliphatic heterocycles. The average Bonchev–Trinajstić information content (AvgIpc) is 3.11. The van der Waals surface area contributed by atoms with E-state index in [2.05, 4.69) is 62.3 Å². The molecule has 4 fully saturated rings. The molecule has 312 valence electrons. The maximum atomic E-state index is 13.3. The molecular formula is C52H92O2. The van der Waals surface area contributed by atoms with Crippen molar-refractivity contribution in [2.45, 2.75) is 267 Å². The third-order valence-electron chi connectivity index (χ3n) is 18.1. The van der Waals surface area contributed by atoms with Gasteiger partial charge in [0.25, 0.3) is 0 Å². The van der Waals surface area contributed by atoms with Gasteiger partial charge in [-0.25, -0.2) is 0 Å². The maximum Gasteiger partial charge on any atom is 0.306 e. The highest BCUT2D eigenvalue weighted by molar-refractivity contribution is 5.69. The smallest absolute Gasteiger partial charge is 0.306 e. The Balaban J connectivity index is 0.990. The molecule has 0 radical (unpaired) electrons. The molecule has 5 aliphatic rings. The van der Waals surface area contributed by atoms with Gasteiger partial charge in [0.2, 0.25) is 0 Å². The normalized spacial score (nSPS) is 35.5. The summed E-state index contributed by atoms with van der Waals surface area (Å²) in [5.74, 6) is 1.47. The van der Waals surface area contributed by atoms with Crippen LogP contribution in [0, 0.1) is 44.3 Å². The van der Waals surface area contributed by atoms with Gasteiger partial charge in [-0.15, -0.1) is 0 Å². The number of unbranched alkanes of at least 4 members (excludes halogenated alkanes) is 18. The first-order valence-electron chi connectivity index (χ1n) is 24.6. The lowest BCUT2D eigenvalue weighted by molar-refractivity contribution is -0.214. The first-order chi connectivity index (χ1) is 25.6. The SMILES string of the molecule is CCCCCCCCCCCCCCCCCCCCCC(=O)O[C@H]1CC[C@@]2(C)C(CC[C@]3(C)[C@@H]2CCC2=C4CC(C)(C)CC[C@]4(C)CC[C@]23C)C1(C)C. The van der Waals surface area contributed by atoms with Crippen LogP contribution in [0.1, 0.15) is 261 Å². The topological polar surface area (TPSA) is 26.3 Å². The van der Waals surface area contributed by atoms with E-state index in [1.165, 1.54) is 180 Å². The summed E-state index contributed by atoms with van der Waals surface area (Å²) in [6, 6.07) is 0. The predicted octanol–water partition coefficient (Wildman–Crippen LogP) is 16.7. The molecule has 0 aromatic rings. The molecule has 7 atom stereocenters. The molecule has 0 spiro atoms. The number of allylic oxidation sites excluding steroid dienone is 2. The van der Waals surface area contributed by atoms with Crippen LogP contribution in [0.4, 0.5) is 0 Å². The molecule has 1 unspecified atom stereocenters. The van der Waals surface area contributed by atoms with Crippen LogP contribution in [0.25, 0.3) is 0 Å². The standard InChI is InChI=1S/C52H92O2/c1-10-11-12-13-14-15-16-17-18-19-20-21-22-23-24-25-26-27-28-29-46(53)54-45-33-34-50(7)43(48(45,4)5)32-35-52(9)44(50)31-30-41-42-40-47(2,3)36-37-49(42,6)38-39-51(41,52)8/h43-45H,10-40H2,1-9H3/t43?,44-,45+,49-,50+,51-,52-/m1/s1. The molecule has 0 aromatic heterocycles. The molecule has 5 rings (SSSR count). The van der Waals surface area contributed by atoms with Crippen LogP contribution >= 0.6 is 0 Å². The van der Waals surface area contributed by atoms with Crippen LogP contribution in [0.2, 0.25) is 0 Å². The average molecular weight is 749 g/mol. The third-order valence-corrected chi connectivity index (χ3v) is 18.1. The molecule has 0 bridgehead atoms. The molecule has 0 N–H and O–H groups in total. The molecule has 4 saturated carbocycles. The van der Waals surface area contributed by atoms with Crippen molar-refractivity contribution in [1.82, 2.24) is 0 Å². The van der Waals surface area contributed by atoms with Gasteiger partial charge in [0, 0.05) is 11.8 Å². The zero-order valence-electron chi connectivity index (χ0n) is 38.0. The minimum absolute atomic E-state index is 0.0374. The Kier molecular flexibility index (Phi) is 15.5. The Hall–Kier alpha value is -0.790. The van der Waals surface area contributed by atoms with Gasteiger partial charge in [0.05, 0.1) is 0 Å². The van der Waals surface area contributed by atoms with Gasteiger partial charge < -0.3 is 4.74 Å². The molecule has 0 aromatic carbocycles. The van der Waals surface area contributed by atoms with Crippen molar-refractivity contribution in [3.8, 4) is 0 Å². The summed E-state index contributed by atoms with van der Waals surface area (Å²) in [6.45, 7) is 23.1. The zero-order chi connectivity index (χ0) is 39.1. The van der Waals surface area contributed by atoms with E-state index < -0.39 is 0 Å². The zero-order valence-corrected chi connectivity index (χ0v) is 38.0. The third kappa shape index (κ3) is 9.73. The largest absolute Gasteiger partial charge is 0.462 e. The number of hydrogen-bond donors (Lipinski definition) is 0. The van der Waals surface area contributed by atoms with Gasteiger partial charge in [-0.05, 0) is 116 Å². The highest BCUT2D eigenvalue weighted by atomic mass is 16.5. The molecule has 5 aliphatic carbocycles. The summed E-state index contributed by atoms with van der Waals surface area (Å²) in [4.78, 5) is 13.3. The van der Waals surface area contributed by atoms with E-state index in [-0.39, 0.29) is 17.5 Å². The molecule has 0 heterocycles. The second kappa shape index (κ2) is 18.9. The second-order valence-electron chi connectivity index (χ2n) is 22.7. The van der Waals surface area contributed by atoms with E-state index in [1.54, 1.807) is 0 Å². The number of ether oxygens (including phenoxy) is 1. The van der Waals surface area contributed by atoms with E-state index in [0.29, 0.717) is 39.4 Å². The summed E-state index contributed by atoms with van der Waals surface area (Å²) >= 11 is 0. The Bertz CT molecular complexity index is 1220. The summed E-state index contributed by atoms with van der Waals surface area (Å²) in [7, 11) is 0. The summed E-state index contributed by atoms with van der Waals surface area (Å²) in [5, 5.41) is 0. The van der Waals surface area contributed by atoms with Crippen LogP contribution in [0.5, 0.6) is 0 Å². The van der Waals surface area contributed by atoms with Crippen molar-refractivity contribution in [1.29, 1.82) is 0 Å². The van der Waals surface area contributed by atoms with Crippen LogP contribution in [-0.4, -0.2) is 12.1 Å². The molecule has 2 heteroatoms. The van der Waals surface area contributed by atoms with Crippen molar-refractivity contribution in [3.05, 3.63) is 11.1 Å². The number of fused-ring (bicyclic) bond motifs is 6. The Morgan fingerprint density at radius 2 is 1.07 bits per heavy atom. The maximum absolute atomic E-state index is 13.3. The number of carbonyl (C=O) groups excluding carboxylic acids is 1. The van der Waals surface area contributed by atoms with Crippen molar-refractivity contribution >= 4 is 5.97 Å². The van der Waals surface area contributed by atoms with E-state index >= 15 is 0 Å². The highest BCUT2D eigenvalue weighted by Crippen LogP contribution is 2.75. The fourth-order valence-corrected chi connectivity index (χ4v) is 14.3. The van der Waals surface area contributed by atoms with E-state index in [1.807, 2.05) is 11.1 Å². The molecule has 54 heavy (non-hydrogen) atoms. The van der Waals surface area contributed by atoms with Gasteiger partial charge in [0.1, 0.15) is 6.10 Å². The fourth-order valence-electron chi connectivity index (χ4n) is 14.3. The predicted molar refractivity (Wildman–Crippen MR) is 233 cm³/mol. The first kappa shape index (κ1) is 44.3. The van der Waals surface area contributed by atoms with Crippen molar-refractivity contribution in [3.63, 3.8) is 0 Å². The van der Waals surface area contributed by atoms with Gasteiger partial charge in [-0.3, -0.25) is 4.79 Å². The van der Waals surface area contributed by atoms with E-state index in [9.17, 15) is 4.79 Å². The van der Waals surface area contributed by atoms with Crippen LogP contribution in [0.3, 0.4) is 0 Å². The summed E-state index contributed by atoms with van der Waals surface area (Å²) in [5.41, 5.74) is 5.80. The Labute approximate surface area is 337 Å². The van der Waals surface area contributed by atoms with Gasteiger partial charge >= 0.3 is 5.97 Å². The van der Waals surface area contributed by atoms with Crippen LogP contribution < -0.4 is 0 Å². The van der Waals surface area contributed by atoms with Crippen molar-refractivity contribution in [2.75, 3.05) is 0 Å². The second-order valence-corrected chi connectivity index (χ2v) is 22.7. The molecular weight excluding hydrogens is 657 g/mol. The lowest BCUT2D eigenvalue weighted by atomic mass is 9.34. The van der Waals surface area contributed by atoms with Crippen LogP contribution in [-0.2, 0) is 9.53 Å². The number of rotatable bonds is 21. The Morgan fingerprint density at radius 1 is 0.556 bits per heavy atom. The van der Waals surface area contributed by atoms with Crippen molar-refractivity contribution < 1.29 is 9.53 Å². The minimum Gasteiger partial charge on any atom is -0.462 e. The quantitative estimate of drug-likeness (QED) is 0.0664. The van der Waals surface area contributed by atoms with Gasteiger partial charge in [-0.1, -0.05) is 189 Å². The molecule has 0 amide bonds.